The summed E-state index contributed by atoms with van der Waals surface area (Å²) in [7, 11) is 0. The Labute approximate surface area is 215 Å². The zero-order valence-corrected chi connectivity index (χ0v) is 21.7. The summed E-state index contributed by atoms with van der Waals surface area (Å²) in [5.74, 6) is 1.08. The highest BCUT2D eigenvalue weighted by atomic mass is 79.9. The lowest BCUT2D eigenvalue weighted by atomic mass is 9.97. The van der Waals surface area contributed by atoms with E-state index in [1.54, 1.807) is 0 Å². The van der Waals surface area contributed by atoms with Crippen molar-refractivity contribution in [1.29, 1.82) is 0 Å². The summed E-state index contributed by atoms with van der Waals surface area (Å²) in [5.41, 5.74) is 5.35. The third-order valence-electron chi connectivity index (χ3n) is 6.70. The molecule has 0 aliphatic carbocycles. The number of fused-ring (bicyclic) bond motifs is 1. The molecule has 1 aliphatic rings. The van der Waals surface area contributed by atoms with Crippen molar-refractivity contribution in [2.24, 2.45) is 5.92 Å². The molecule has 5 rings (SSSR count). The quantitative estimate of drug-likeness (QED) is 0.293. The fraction of sp³-hybridized carbons (Fsp3) is 0.310. The molecule has 0 saturated carbocycles. The lowest BCUT2D eigenvalue weighted by Gasteiger charge is -2.31. The fourth-order valence-corrected chi connectivity index (χ4v) is 5.37. The number of nitrogens with zero attached hydrogens (tertiary/aromatic N) is 3. The van der Waals surface area contributed by atoms with E-state index in [1.165, 1.54) is 5.56 Å². The Morgan fingerprint density at radius 2 is 1.91 bits per heavy atom. The number of carbonyl (C=O) groups excluding carboxylic acids is 1. The lowest BCUT2D eigenvalue weighted by Crippen LogP contribution is -2.40. The first-order valence-corrected chi connectivity index (χ1v) is 13.2. The van der Waals surface area contributed by atoms with Crippen molar-refractivity contribution >= 4 is 38.6 Å². The molecule has 0 spiro atoms. The molecule has 1 fully saturated rings. The molecule has 35 heavy (non-hydrogen) atoms. The number of likely N-dealkylation sites (tertiary alicyclic amines) is 1. The molecule has 1 saturated heterocycles. The average Bonchev–Trinajstić information content (AvgIpc) is 3.23. The van der Waals surface area contributed by atoms with Crippen molar-refractivity contribution in [3.63, 3.8) is 0 Å². The molecule has 5 nitrogen and oxygen atoms in total. The van der Waals surface area contributed by atoms with Gasteiger partial charge in [-0.15, -0.1) is 0 Å². The number of hydrogen-bond donors (Lipinski definition) is 1. The molecule has 4 aromatic rings. The molecular weight excluding hydrogens is 500 g/mol. The minimum atomic E-state index is -0.0252. The van der Waals surface area contributed by atoms with Crippen LogP contribution in [0.15, 0.2) is 77.3 Å². The zero-order valence-electron chi connectivity index (χ0n) is 20.1. The van der Waals surface area contributed by atoms with Crippen molar-refractivity contribution in [2.75, 3.05) is 18.4 Å². The van der Waals surface area contributed by atoms with Crippen LogP contribution in [0.4, 0.5) is 5.69 Å². The van der Waals surface area contributed by atoms with E-state index < -0.39 is 0 Å². The summed E-state index contributed by atoms with van der Waals surface area (Å²) in [6.45, 7) is 4.59. The van der Waals surface area contributed by atoms with Crippen molar-refractivity contribution < 1.29 is 4.79 Å². The Morgan fingerprint density at radius 3 is 2.71 bits per heavy atom. The van der Waals surface area contributed by atoms with Crippen LogP contribution in [0.5, 0.6) is 0 Å². The van der Waals surface area contributed by atoms with Gasteiger partial charge in [0.05, 0.1) is 23.5 Å². The summed E-state index contributed by atoms with van der Waals surface area (Å²) in [4.78, 5) is 20.4. The molecular formula is C29H31BrN4O. The zero-order chi connectivity index (χ0) is 24.2. The number of halogens is 1. The number of aromatic nitrogens is 2. The van der Waals surface area contributed by atoms with Gasteiger partial charge in [0.25, 0.3) is 0 Å². The first kappa shape index (κ1) is 23.8. The van der Waals surface area contributed by atoms with E-state index in [2.05, 4.69) is 80.1 Å². The number of amides is 1. The van der Waals surface area contributed by atoms with E-state index in [1.807, 2.05) is 30.3 Å². The normalized spacial score (nSPS) is 16.5. The van der Waals surface area contributed by atoms with Crippen molar-refractivity contribution in [3.05, 3.63) is 88.7 Å². The van der Waals surface area contributed by atoms with Crippen LogP contribution in [0.1, 0.15) is 37.6 Å². The highest BCUT2D eigenvalue weighted by molar-refractivity contribution is 9.10. The van der Waals surface area contributed by atoms with E-state index in [0.29, 0.717) is 6.54 Å². The Hall–Kier alpha value is -2.96. The number of benzene rings is 3. The van der Waals surface area contributed by atoms with Crippen LogP contribution >= 0.6 is 15.9 Å². The first-order valence-electron chi connectivity index (χ1n) is 12.4. The van der Waals surface area contributed by atoms with E-state index in [4.69, 9.17) is 4.98 Å². The number of para-hydroxylation sites is 2. The number of carbonyl (C=O) groups is 1. The van der Waals surface area contributed by atoms with E-state index in [0.717, 1.165) is 71.5 Å². The number of anilines is 1. The lowest BCUT2D eigenvalue weighted by molar-refractivity contribution is -0.121. The van der Waals surface area contributed by atoms with Gasteiger partial charge < -0.3 is 5.32 Å². The highest BCUT2D eigenvalue weighted by Gasteiger charge is 2.27. The second-order valence-electron chi connectivity index (χ2n) is 9.34. The third kappa shape index (κ3) is 5.49. The molecule has 1 aliphatic heterocycles. The van der Waals surface area contributed by atoms with Gasteiger partial charge in [-0.2, -0.15) is 0 Å². The van der Waals surface area contributed by atoms with Crippen LogP contribution in [0.25, 0.3) is 16.7 Å². The molecule has 2 heterocycles. The van der Waals surface area contributed by atoms with Gasteiger partial charge in [0.1, 0.15) is 5.82 Å². The van der Waals surface area contributed by atoms with Gasteiger partial charge in [-0.1, -0.05) is 59.6 Å². The highest BCUT2D eigenvalue weighted by Crippen LogP contribution is 2.26. The summed E-state index contributed by atoms with van der Waals surface area (Å²) < 4.78 is 3.28. The molecule has 0 radical (unpaired) electrons. The largest absolute Gasteiger partial charge is 0.326 e. The van der Waals surface area contributed by atoms with Gasteiger partial charge in [-0.25, -0.2) is 4.98 Å². The second kappa shape index (κ2) is 10.8. The van der Waals surface area contributed by atoms with Crippen LogP contribution < -0.4 is 5.32 Å². The Morgan fingerprint density at radius 1 is 1.09 bits per heavy atom. The Kier molecular flexibility index (Phi) is 7.30. The predicted octanol–water partition coefficient (Wildman–Crippen LogP) is 6.59. The van der Waals surface area contributed by atoms with Crippen LogP contribution in [0, 0.1) is 5.92 Å². The summed E-state index contributed by atoms with van der Waals surface area (Å²) >= 11 is 3.61. The summed E-state index contributed by atoms with van der Waals surface area (Å²) in [6, 6.07) is 24.8. The molecule has 0 bridgehead atoms. The molecule has 0 unspecified atom stereocenters. The van der Waals surface area contributed by atoms with E-state index >= 15 is 0 Å². The second-order valence-corrected chi connectivity index (χ2v) is 10.3. The standard InChI is InChI=1S/C29H31BrN4O/c1-2-7-21-13-15-24(16-14-21)31-29(35)22-8-6-17-33(19-22)20-28-32-26-11-3-4-12-27(26)34(28)25-10-5-9-23(30)18-25/h3-5,9-16,18,22H,2,6-8,17,19-20H2,1H3,(H,31,35)/t22-/m1/s1. The SMILES string of the molecule is CCCc1ccc(NC(=O)[C@@H]2CCCN(Cc3nc4ccccc4n3-c3cccc(Br)c3)C2)cc1. The van der Waals surface area contributed by atoms with Gasteiger partial charge in [-0.3, -0.25) is 14.3 Å². The Balaban J connectivity index is 1.32. The number of imidazole rings is 1. The maximum Gasteiger partial charge on any atom is 0.228 e. The number of hydrogen-bond acceptors (Lipinski definition) is 3. The first-order chi connectivity index (χ1) is 17.1. The molecule has 3 aromatic carbocycles. The van der Waals surface area contributed by atoms with Crippen molar-refractivity contribution in [3.8, 4) is 5.69 Å². The number of aryl methyl sites for hydroxylation is 1. The van der Waals surface area contributed by atoms with Gasteiger partial charge in [0, 0.05) is 22.4 Å². The number of nitrogens with one attached hydrogen (secondary N) is 1. The van der Waals surface area contributed by atoms with Crippen LogP contribution in [-0.4, -0.2) is 33.4 Å². The maximum atomic E-state index is 13.1. The monoisotopic (exact) mass is 530 g/mol. The van der Waals surface area contributed by atoms with Crippen molar-refractivity contribution in [1.82, 2.24) is 14.5 Å². The Bertz CT molecular complexity index is 1310. The molecule has 1 aromatic heterocycles. The van der Waals surface area contributed by atoms with E-state index in [-0.39, 0.29) is 11.8 Å². The predicted molar refractivity (Wildman–Crippen MR) is 146 cm³/mol. The molecule has 180 valence electrons. The summed E-state index contributed by atoms with van der Waals surface area (Å²) in [5, 5.41) is 3.14. The minimum absolute atomic E-state index is 0.0252. The van der Waals surface area contributed by atoms with Gasteiger partial charge in [0.2, 0.25) is 5.91 Å². The molecule has 1 N–H and O–H groups in total. The van der Waals surface area contributed by atoms with Crippen LogP contribution in [0.2, 0.25) is 0 Å². The fourth-order valence-electron chi connectivity index (χ4n) is 4.99. The average molecular weight is 531 g/mol. The van der Waals surface area contributed by atoms with Gasteiger partial charge >= 0.3 is 0 Å². The van der Waals surface area contributed by atoms with E-state index in [9.17, 15) is 4.79 Å². The van der Waals surface area contributed by atoms with Gasteiger partial charge in [-0.05, 0) is 73.8 Å². The van der Waals surface area contributed by atoms with Crippen LogP contribution in [-0.2, 0) is 17.8 Å². The number of piperidine rings is 1. The third-order valence-corrected chi connectivity index (χ3v) is 7.19. The van der Waals surface area contributed by atoms with Gasteiger partial charge in [0.15, 0.2) is 0 Å². The summed E-state index contributed by atoms with van der Waals surface area (Å²) in [6.07, 6.45) is 4.11. The number of rotatable bonds is 7. The molecule has 6 heteroatoms. The molecule has 1 amide bonds. The minimum Gasteiger partial charge on any atom is -0.326 e. The maximum absolute atomic E-state index is 13.1. The topological polar surface area (TPSA) is 50.2 Å². The van der Waals surface area contributed by atoms with Crippen LogP contribution in [0.3, 0.4) is 0 Å². The smallest absolute Gasteiger partial charge is 0.228 e. The molecule has 1 atom stereocenters. The van der Waals surface area contributed by atoms with Crippen molar-refractivity contribution in [2.45, 2.75) is 39.2 Å².